The van der Waals surface area contributed by atoms with Crippen LogP contribution in [-0.2, 0) is 4.79 Å². The van der Waals surface area contributed by atoms with Crippen molar-refractivity contribution < 1.29 is 23.5 Å². The third-order valence-electron chi connectivity index (χ3n) is 4.23. The minimum atomic E-state index is -0.536. The minimum absolute atomic E-state index is 0.110. The summed E-state index contributed by atoms with van der Waals surface area (Å²) in [6, 6.07) is 10.3. The fourth-order valence-electron chi connectivity index (χ4n) is 2.85. The number of carbonyl (C=O) groups excluding carboxylic acids is 3. The van der Waals surface area contributed by atoms with Gasteiger partial charge in [-0.3, -0.25) is 19.3 Å². The lowest BCUT2D eigenvalue weighted by atomic mass is 10.1. The molecule has 3 amide bonds. The number of hydrogen-bond donors (Lipinski definition) is 1. The van der Waals surface area contributed by atoms with Gasteiger partial charge in [-0.25, -0.2) is 4.39 Å². The Balaban J connectivity index is 1.67. The SMILES string of the molecule is COc1ccc([C@@H](C)NC(=O)CN2C(=O)c3ccccc3C2=O)cc1F. The quantitative estimate of drug-likeness (QED) is 0.834. The summed E-state index contributed by atoms with van der Waals surface area (Å²) in [6.45, 7) is 1.29. The van der Waals surface area contributed by atoms with Gasteiger partial charge in [0.15, 0.2) is 11.6 Å². The van der Waals surface area contributed by atoms with E-state index in [1.54, 1.807) is 37.3 Å². The summed E-state index contributed by atoms with van der Waals surface area (Å²) in [6.07, 6.45) is 0. The van der Waals surface area contributed by atoms with Crippen LogP contribution >= 0.6 is 0 Å². The molecule has 7 heteroatoms. The summed E-state index contributed by atoms with van der Waals surface area (Å²) in [5, 5.41) is 2.66. The second kappa shape index (κ2) is 6.95. The summed E-state index contributed by atoms with van der Waals surface area (Å²) in [5.41, 5.74) is 1.12. The highest BCUT2D eigenvalue weighted by Gasteiger charge is 2.36. The Morgan fingerprint density at radius 1 is 1.15 bits per heavy atom. The lowest BCUT2D eigenvalue weighted by Crippen LogP contribution is -2.41. The third-order valence-corrected chi connectivity index (χ3v) is 4.23. The topological polar surface area (TPSA) is 75.7 Å². The molecule has 0 radical (unpaired) electrons. The van der Waals surface area contributed by atoms with Crippen molar-refractivity contribution >= 4 is 17.7 Å². The highest BCUT2D eigenvalue weighted by Crippen LogP contribution is 2.23. The third kappa shape index (κ3) is 3.15. The Kier molecular flexibility index (Phi) is 4.71. The summed E-state index contributed by atoms with van der Waals surface area (Å²) in [7, 11) is 1.37. The van der Waals surface area contributed by atoms with Crippen LogP contribution in [-0.4, -0.2) is 36.3 Å². The number of nitrogens with one attached hydrogen (secondary N) is 1. The molecule has 0 saturated heterocycles. The van der Waals surface area contributed by atoms with Gasteiger partial charge in [0.1, 0.15) is 6.54 Å². The molecular weight excluding hydrogens is 339 g/mol. The number of methoxy groups -OCH3 is 1. The van der Waals surface area contributed by atoms with Crippen molar-refractivity contribution in [2.75, 3.05) is 13.7 Å². The van der Waals surface area contributed by atoms with Crippen LogP contribution in [0, 0.1) is 5.82 Å². The summed E-state index contributed by atoms with van der Waals surface area (Å²) >= 11 is 0. The van der Waals surface area contributed by atoms with Crippen molar-refractivity contribution in [1.29, 1.82) is 0 Å². The molecule has 0 aliphatic carbocycles. The first kappa shape index (κ1) is 17.6. The molecule has 1 heterocycles. The van der Waals surface area contributed by atoms with E-state index in [1.165, 1.54) is 19.2 Å². The molecule has 1 aliphatic heterocycles. The number of nitrogens with zero attached hydrogens (tertiary/aromatic N) is 1. The lowest BCUT2D eigenvalue weighted by molar-refractivity contribution is -0.122. The average molecular weight is 356 g/mol. The number of ether oxygens (including phenoxy) is 1. The zero-order valence-electron chi connectivity index (χ0n) is 14.3. The van der Waals surface area contributed by atoms with Crippen LogP contribution in [0.3, 0.4) is 0 Å². The first-order chi connectivity index (χ1) is 12.4. The standard InChI is InChI=1S/C19H17FN2O4/c1-11(12-7-8-16(26-2)15(20)9-12)21-17(23)10-22-18(24)13-5-3-4-6-14(13)19(22)25/h3-9,11H,10H2,1-2H3,(H,21,23)/t11-/m1/s1. The number of fused-ring (bicyclic) bond motifs is 1. The maximum Gasteiger partial charge on any atom is 0.262 e. The number of halogens is 1. The predicted octanol–water partition coefficient (Wildman–Crippen LogP) is 2.31. The largest absolute Gasteiger partial charge is 0.494 e. The van der Waals surface area contributed by atoms with Gasteiger partial charge in [0, 0.05) is 0 Å². The first-order valence-electron chi connectivity index (χ1n) is 8.00. The molecular formula is C19H17FN2O4. The van der Waals surface area contributed by atoms with E-state index in [2.05, 4.69) is 5.32 Å². The molecule has 26 heavy (non-hydrogen) atoms. The summed E-state index contributed by atoms with van der Waals surface area (Å²) in [4.78, 5) is 37.7. The van der Waals surface area contributed by atoms with E-state index in [1.807, 2.05) is 0 Å². The van der Waals surface area contributed by atoms with Crippen LogP contribution in [0.15, 0.2) is 42.5 Å². The van der Waals surface area contributed by atoms with E-state index in [-0.39, 0.29) is 16.9 Å². The van der Waals surface area contributed by atoms with Crippen LogP contribution in [0.1, 0.15) is 39.2 Å². The van der Waals surface area contributed by atoms with Crippen molar-refractivity contribution in [3.8, 4) is 5.75 Å². The lowest BCUT2D eigenvalue weighted by Gasteiger charge is -2.18. The zero-order valence-corrected chi connectivity index (χ0v) is 14.3. The van der Waals surface area contributed by atoms with Gasteiger partial charge in [0.2, 0.25) is 5.91 Å². The maximum absolute atomic E-state index is 13.8. The van der Waals surface area contributed by atoms with Gasteiger partial charge < -0.3 is 10.1 Å². The Bertz CT molecular complexity index is 862. The Morgan fingerprint density at radius 3 is 2.31 bits per heavy atom. The normalized spacial score (nSPS) is 14.2. The second-order valence-electron chi connectivity index (χ2n) is 5.93. The van der Waals surface area contributed by atoms with Crippen molar-refractivity contribution in [2.45, 2.75) is 13.0 Å². The molecule has 1 aliphatic rings. The van der Waals surface area contributed by atoms with E-state index >= 15 is 0 Å². The summed E-state index contributed by atoms with van der Waals surface area (Å²) < 4.78 is 18.7. The van der Waals surface area contributed by atoms with Gasteiger partial charge in [0.05, 0.1) is 24.3 Å². The number of amides is 3. The van der Waals surface area contributed by atoms with Crippen molar-refractivity contribution in [1.82, 2.24) is 10.2 Å². The monoisotopic (exact) mass is 356 g/mol. The molecule has 1 N–H and O–H groups in total. The van der Waals surface area contributed by atoms with Gasteiger partial charge in [-0.1, -0.05) is 18.2 Å². The number of hydrogen-bond acceptors (Lipinski definition) is 4. The average Bonchev–Trinajstić information content (AvgIpc) is 2.87. The molecule has 0 unspecified atom stereocenters. The van der Waals surface area contributed by atoms with Gasteiger partial charge in [-0.2, -0.15) is 0 Å². The Morgan fingerprint density at radius 2 is 1.77 bits per heavy atom. The van der Waals surface area contributed by atoms with E-state index in [4.69, 9.17) is 4.74 Å². The smallest absolute Gasteiger partial charge is 0.262 e. The predicted molar refractivity (Wildman–Crippen MR) is 91.3 cm³/mol. The molecule has 0 spiro atoms. The number of benzene rings is 2. The fourth-order valence-corrected chi connectivity index (χ4v) is 2.85. The van der Waals surface area contributed by atoms with Gasteiger partial charge in [-0.15, -0.1) is 0 Å². The van der Waals surface area contributed by atoms with Crippen LogP contribution in [0.25, 0.3) is 0 Å². The summed E-state index contributed by atoms with van der Waals surface area (Å²) in [5.74, 6) is -1.93. The highest BCUT2D eigenvalue weighted by atomic mass is 19.1. The van der Waals surface area contributed by atoms with Gasteiger partial charge >= 0.3 is 0 Å². The molecule has 134 valence electrons. The zero-order chi connectivity index (χ0) is 18.8. The van der Waals surface area contributed by atoms with E-state index in [9.17, 15) is 18.8 Å². The second-order valence-corrected chi connectivity index (χ2v) is 5.93. The number of carbonyl (C=O) groups is 3. The number of imide groups is 1. The molecule has 0 fully saturated rings. The van der Waals surface area contributed by atoms with Crippen LogP contribution in [0.4, 0.5) is 4.39 Å². The van der Waals surface area contributed by atoms with E-state index < -0.39 is 36.1 Å². The van der Waals surface area contributed by atoms with Gasteiger partial charge in [-0.05, 0) is 36.8 Å². The Labute approximate surface area is 149 Å². The van der Waals surface area contributed by atoms with Crippen LogP contribution < -0.4 is 10.1 Å². The van der Waals surface area contributed by atoms with Crippen LogP contribution in [0.2, 0.25) is 0 Å². The fraction of sp³-hybridized carbons (Fsp3) is 0.211. The minimum Gasteiger partial charge on any atom is -0.494 e. The Hall–Kier alpha value is -3.22. The molecule has 0 bridgehead atoms. The maximum atomic E-state index is 13.8. The molecule has 1 atom stereocenters. The molecule has 0 saturated carbocycles. The molecule has 3 rings (SSSR count). The highest BCUT2D eigenvalue weighted by molar-refractivity contribution is 6.22. The van der Waals surface area contributed by atoms with Crippen molar-refractivity contribution in [2.24, 2.45) is 0 Å². The van der Waals surface area contributed by atoms with Crippen molar-refractivity contribution in [3.63, 3.8) is 0 Å². The van der Waals surface area contributed by atoms with Crippen LogP contribution in [0.5, 0.6) is 5.75 Å². The molecule has 2 aromatic rings. The van der Waals surface area contributed by atoms with E-state index in [0.717, 1.165) is 4.90 Å². The first-order valence-corrected chi connectivity index (χ1v) is 8.00. The van der Waals surface area contributed by atoms with Crippen molar-refractivity contribution in [3.05, 3.63) is 65.0 Å². The number of rotatable bonds is 5. The molecule has 0 aromatic heterocycles. The van der Waals surface area contributed by atoms with Gasteiger partial charge in [0.25, 0.3) is 11.8 Å². The molecule has 2 aromatic carbocycles. The van der Waals surface area contributed by atoms with E-state index in [0.29, 0.717) is 5.56 Å². The molecule has 6 nitrogen and oxygen atoms in total.